The average Bonchev–Trinajstić information content (AvgIpc) is 1.81. The second-order valence-electron chi connectivity index (χ2n) is 1.03. The quantitative estimate of drug-likeness (QED) is 0.319. The molecule has 0 radical (unpaired) electrons. The molecule has 1 N–H and O–H groups in total. The monoisotopic (exact) mass is 111 g/mol. The molecule has 0 fully saturated rings. The predicted octanol–water partition coefficient (Wildman–Crippen LogP) is 0.406. The molecule has 8 heavy (non-hydrogen) atoms. The minimum absolute atomic E-state index is 1.49. The number of nitrogens with zero attached hydrogens (tertiary/aromatic N) is 2. The van der Waals surface area contributed by atoms with E-state index < -0.39 is 0 Å². The molecule has 0 rings (SSSR count). The van der Waals surface area contributed by atoms with E-state index in [-0.39, 0.29) is 0 Å². The average molecular weight is 111 g/mol. The van der Waals surface area contributed by atoms with Gasteiger partial charge in [0.2, 0.25) is 0 Å². The van der Waals surface area contributed by atoms with Crippen molar-refractivity contribution < 1.29 is 0 Å². The van der Waals surface area contributed by atoms with E-state index in [0.717, 1.165) is 0 Å². The van der Waals surface area contributed by atoms with Gasteiger partial charge in [0.15, 0.2) is 0 Å². The van der Waals surface area contributed by atoms with Crippen molar-refractivity contribution in [3.63, 3.8) is 0 Å². The molecule has 3 heteroatoms. The lowest BCUT2D eigenvalue weighted by Gasteiger charge is -1.81. The van der Waals surface area contributed by atoms with E-state index in [9.17, 15) is 0 Å². The molecule has 0 spiro atoms. The van der Waals surface area contributed by atoms with Crippen molar-refractivity contribution in [1.82, 2.24) is 5.43 Å². The van der Waals surface area contributed by atoms with Crippen LogP contribution >= 0.6 is 0 Å². The van der Waals surface area contributed by atoms with Crippen molar-refractivity contribution in [3.8, 4) is 0 Å². The number of rotatable bonds is 3. The first kappa shape index (κ1) is 6.88. The lowest BCUT2D eigenvalue weighted by molar-refractivity contribution is 1.06. The summed E-state index contributed by atoms with van der Waals surface area (Å²) in [4.78, 5) is 3.62. The Hall–Kier alpha value is -1.12. The zero-order valence-corrected chi connectivity index (χ0v) is 4.83. The predicted molar refractivity (Wildman–Crippen MR) is 36.2 cm³/mol. The number of nitrogens with one attached hydrogen (secondary N) is 1. The fourth-order valence-electron chi connectivity index (χ4n) is 0.187. The van der Waals surface area contributed by atoms with Crippen molar-refractivity contribution in [3.05, 3.63) is 12.7 Å². The van der Waals surface area contributed by atoms with E-state index >= 15 is 0 Å². The summed E-state index contributed by atoms with van der Waals surface area (Å²) in [6.07, 6.45) is 4.61. The lowest BCUT2D eigenvalue weighted by atomic mass is 10.7. The Bertz CT molecular complexity index is 104. The highest BCUT2D eigenvalue weighted by molar-refractivity contribution is 5.71. The third-order valence-corrected chi connectivity index (χ3v) is 0.441. The Morgan fingerprint density at radius 1 is 1.62 bits per heavy atom. The smallest absolute Gasteiger partial charge is 0.103 e. The van der Waals surface area contributed by atoms with E-state index in [4.69, 9.17) is 0 Å². The largest absolute Gasteiger partial charge is 0.277 e. The second kappa shape index (κ2) is 5.88. The molecule has 0 aliphatic rings. The molecule has 0 aromatic heterocycles. The first-order valence-corrected chi connectivity index (χ1v) is 2.22. The summed E-state index contributed by atoms with van der Waals surface area (Å²) >= 11 is 0. The van der Waals surface area contributed by atoms with Gasteiger partial charge in [-0.1, -0.05) is 6.58 Å². The van der Waals surface area contributed by atoms with Gasteiger partial charge in [-0.2, -0.15) is 5.10 Å². The first-order chi connectivity index (χ1) is 3.91. The van der Waals surface area contributed by atoms with Gasteiger partial charge in [0, 0.05) is 13.3 Å². The molecule has 0 aliphatic carbocycles. The Balaban J connectivity index is 3.15. The zero-order chi connectivity index (χ0) is 6.24. The van der Waals surface area contributed by atoms with E-state index in [1.54, 1.807) is 19.3 Å². The summed E-state index contributed by atoms with van der Waals surface area (Å²) in [7, 11) is 1.66. The third-order valence-electron chi connectivity index (χ3n) is 0.441. The van der Waals surface area contributed by atoms with Crippen molar-refractivity contribution >= 4 is 12.6 Å². The van der Waals surface area contributed by atoms with Crippen LogP contribution in [0.5, 0.6) is 0 Å². The topological polar surface area (TPSA) is 36.8 Å². The summed E-state index contributed by atoms with van der Waals surface area (Å²) in [5.74, 6) is 0. The Labute approximate surface area is 48.8 Å². The molecule has 44 valence electrons. The Morgan fingerprint density at radius 3 is 2.88 bits per heavy atom. The van der Waals surface area contributed by atoms with Crippen LogP contribution in [-0.2, 0) is 0 Å². The van der Waals surface area contributed by atoms with E-state index in [1.165, 1.54) is 6.34 Å². The number of aliphatic imine (C=N–C) groups is 1. The van der Waals surface area contributed by atoms with Crippen molar-refractivity contribution in [1.29, 1.82) is 0 Å². The normalized spacial score (nSPS) is 10.6. The molecule has 0 unspecified atom stereocenters. The van der Waals surface area contributed by atoms with Crippen LogP contribution in [0.25, 0.3) is 0 Å². The summed E-state index contributed by atoms with van der Waals surface area (Å²) in [6, 6.07) is 0. The van der Waals surface area contributed by atoms with Gasteiger partial charge in [-0.3, -0.25) is 10.4 Å². The molecule has 0 saturated carbocycles. The fourth-order valence-corrected chi connectivity index (χ4v) is 0.187. The summed E-state index contributed by atoms with van der Waals surface area (Å²) in [6.45, 7) is 3.42. The Kier molecular flexibility index (Phi) is 5.06. The number of hydrogen-bond acceptors (Lipinski definition) is 2. The van der Waals surface area contributed by atoms with Crippen LogP contribution < -0.4 is 5.43 Å². The van der Waals surface area contributed by atoms with Gasteiger partial charge in [-0.05, 0) is 6.08 Å². The van der Waals surface area contributed by atoms with Crippen LogP contribution in [0, 0.1) is 0 Å². The molecule has 0 aromatic carbocycles. The first-order valence-electron chi connectivity index (χ1n) is 2.22. The molecule has 0 amide bonds. The minimum atomic E-state index is 1.49. The van der Waals surface area contributed by atoms with Gasteiger partial charge in [0.1, 0.15) is 6.34 Å². The minimum Gasteiger partial charge on any atom is -0.277 e. The second-order valence-corrected chi connectivity index (χ2v) is 1.03. The summed E-state index contributed by atoms with van der Waals surface area (Å²) in [5.41, 5.74) is 2.54. The molecular weight excluding hydrogens is 102 g/mol. The lowest BCUT2D eigenvalue weighted by Crippen LogP contribution is -1.99. The van der Waals surface area contributed by atoms with Gasteiger partial charge in [-0.15, -0.1) is 0 Å². The molecule has 0 atom stereocenters. The van der Waals surface area contributed by atoms with Crippen LogP contribution in [0.4, 0.5) is 0 Å². The van der Waals surface area contributed by atoms with Gasteiger partial charge in [0.25, 0.3) is 0 Å². The molecular formula is C5H9N3. The van der Waals surface area contributed by atoms with Crippen LogP contribution in [0.3, 0.4) is 0 Å². The summed E-state index contributed by atoms with van der Waals surface area (Å²) < 4.78 is 0. The molecule has 0 bridgehead atoms. The highest BCUT2D eigenvalue weighted by Gasteiger charge is 1.58. The summed E-state index contributed by atoms with van der Waals surface area (Å²) in [5, 5.41) is 3.64. The SMILES string of the molecule is C=C/C=N\NC=NC. The number of hydrazone groups is 1. The molecule has 3 nitrogen and oxygen atoms in total. The third kappa shape index (κ3) is 4.88. The molecule has 0 heterocycles. The Morgan fingerprint density at radius 2 is 2.38 bits per heavy atom. The van der Waals surface area contributed by atoms with Gasteiger partial charge in [0.05, 0.1) is 0 Å². The molecule has 0 saturated heterocycles. The van der Waals surface area contributed by atoms with Gasteiger partial charge >= 0.3 is 0 Å². The van der Waals surface area contributed by atoms with Crippen LogP contribution in [0.2, 0.25) is 0 Å². The highest BCUT2D eigenvalue weighted by Crippen LogP contribution is 1.53. The molecule has 0 aromatic rings. The maximum Gasteiger partial charge on any atom is 0.103 e. The van der Waals surface area contributed by atoms with E-state index in [2.05, 4.69) is 22.1 Å². The van der Waals surface area contributed by atoms with E-state index in [0.29, 0.717) is 0 Å². The van der Waals surface area contributed by atoms with Crippen LogP contribution in [0.1, 0.15) is 0 Å². The van der Waals surface area contributed by atoms with Crippen LogP contribution in [0.15, 0.2) is 22.7 Å². The van der Waals surface area contributed by atoms with Crippen molar-refractivity contribution in [2.45, 2.75) is 0 Å². The molecule has 0 aliphatic heterocycles. The van der Waals surface area contributed by atoms with Gasteiger partial charge in [-0.25, -0.2) is 0 Å². The standard InChI is InChI=1S/C5H9N3/c1-3-4-7-8-5-6-2/h3-5H,1H2,2H3,(H,6,8)/b7-4-. The number of allylic oxidation sites excluding steroid dienone is 1. The van der Waals surface area contributed by atoms with Crippen molar-refractivity contribution in [2.24, 2.45) is 10.1 Å². The highest BCUT2D eigenvalue weighted by atomic mass is 15.3. The zero-order valence-electron chi connectivity index (χ0n) is 4.83. The fraction of sp³-hybridized carbons (Fsp3) is 0.200. The van der Waals surface area contributed by atoms with Gasteiger partial charge < -0.3 is 0 Å². The maximum absolute atomic E-state index is 3.64. The van der Waals surface area contributed by atoms with E-state index in [1.807, 2.05) is 0 Å². The van der Waals surface area contributed by atoms with Crippen LogP contribution in [-0.4, -0.2) is 19.6 Å². The number of hydrogen-bond donors (Lipinski definition) is 1. The maximum atomic E-state index is 3.64. The van der Waals surface area contributed by atoms with Crippen molar-refractivity contribution in [2.75, 3.05) is 7.05 Å².